The monoisotopic (exact) mass is 495 g/mol. The number of hydrogen-bond acceptors (Lipinski definition) is 5. The fourth-order valence-corrected chi connectivity index (χ4v) is 6.36. The molecular weight excluding hydrogens is 471 g/mol. The lowest BCUT2D eigenvalue weighted by molar-refractivity contribution is -0.137. The number of rotatable bonds is 5. The number of nitrogens with one attached hydrogen (secondary N) is 1. The Morgan fingerprint density at radius 3 is 2.38 bits per heavy atom. The normalized spacial score (nSPS) is 22.6. The zero-order valence-corrected chi connectivity index (χ0v) is 19.1. The van der Waals surface area contributed by atoms with Crippen LogP contribution in [0.2, 0.25) is 0 Å². The van der Waals surface area contributed by atoms with E-state index in [0.717, 1.165) is 29.1 Å². The Bertz CT molecular complexity index is 1210. The lowest BCUT2D eigenvalue weighted by atomic mass is 9.94. The molecule has 0 atom stereocenters. The summed E-state index contributed by atoms with van der Waals surface area (Å²) in [5, 5.41) is 0. The highest BCUT2D eigenvalue weighted by Gasteiger charge is 2.34. The van der Waals surface area contributed by atoms with Crippen molar-refractivity contribution in [1.29, 1.82) is 0 Å². The van der Waals surface area contributed by atoms with Gasteiger partial charge in [-0.25, -0.2) is 18.1 Å². The first-order valence-corrected chi connectivity index (χ1v) is 12.8. The molecule has 0 saturated heterocycles. The fourth-order valence-electron chi connectivity index (χ4n) is 4.96. The zero-order valence-electron chi connectivity index (χ0n) is 18.3. The SMILES string of the molecule is O=C1CCc2cc(S(=O)(=O)NC3CCC(Oc4ccc(C(F)(F)F)cn4)CC3)cc3c2N1CC3. The van der Waals surface area contributed by atoms with E-state index in [2.05, 4.69) is 9.71 Å². The van der Waals surface area contributed by atoms with Crippen LogP contribution in [-0.2, 0) is 33.8 Å². The van der Waals surface area contributed by atoms with Crippen LogP contribution in [0.1, 0.15) is 48.8 Å². The molecule has 2 aliphatic heterocycles. The van der Waals surface area contributed by atoms with Crippen LogP contribution in [0, 0.1) is 0 Å². The molecule has 1 aromatic carbocycles. The third-order valence-corrected chi connectivity index (χ3v) is 8.18. The van der Waals surface area contributed by atoms with Gasteiger partial charge in [0.05, 0.1) is 16.1 Å². The van der Waals surface area contributed by atoms with Crippen molar-refractivity contribution in [2.75, 3.05) is 11.4 Å². The first-order valence-electron chi connectivity index (χ1n) is 11.3. The second-order valence-corrected chi connectivity index (χ2v) is 10.7. The Hall–Kier alpha value is -2.66. The molecule has 0 spiro atoms. The molecule has 0 unspecified atom stereocenters. The van der Waals surface area contributed by atoms with Crippen molar-refractivity contribution in [1.82, 2.24) is 9.71 Å². The van der Waals surface area contributed by atoms with Crippen molar-refractivity contribution >= 4 is 21.6 Å². The molecule has 1 amide bonds. The number of aryl methyl sites for hydroxylation is 1. The van der Waals surface area contributed by atoms with Crippen molar-refractivity contribution in [2.24, 2.45) is 0 Å². The molecule has 0 radical (unpaired) electrons. The maximum absolute atomic E-state index is 13.1. The first kappa shape index (κ1) is 23.1. The number of carbonyl (C=O) groups is 1. The number of hydrogen-bond donors (Lipinski definition) is 1. The summed E-state index contributed by atoms with van der Waals surface area (Å²) in [6.07, 6.45) is -0.152. The van der Waals surface area contributed by atoms with Crippen molar-refractivity contribution in [3.05, 3.63) is 47.2 Å². The van der Waals surface area contributed by atoms with Crippen LogP contribution in [0.3, 0.4) is 0 Å². The molecule has 2 aromatic rings. The average Bonchev–Trinajstić information content (AvgIpc) is 3.23. The summed E-state index contributed by atoms with van der Waals surface area (Å²) in [5.41, 5.74) is 1.84. The second-order valence-electron chi connectivity index (χ2n) is 8.98. The number of pyridine rings is 1. The van der Waals surface area contributed by atoms with Crippen molar-refractivity contribution < 1.29 is 31.1 Å². The minimum Gasteiger partial charge on any atom is -0.474 e. The summed E-state index contributed by atoms with van der Waals surface area (Å²) >= 11 is 0. The molecule has 1 saturated carbocycles. The summed E-state index contributed by atoms with van der Waals surface area (Å²) in [4.78, 5) is 17.8. The topological polar surface area (TPSA) is 88.6 Å². The highest BCUT2D eigenvalue weighted by molar-refractivity contribution is 7.89. The Kier molecular flexibility index (Phi) is 5.79. The summed E-state index contributed by atoms with van der Waals surface area (Å²) in [6, 6.07) is 5.23. The fraction of sp³-hybridized carbons (Fsp3) is 0.478. The van der Waals surface area contributed by atoms with Crippen molar-refractivity contribution in [3.8, 4) is 5.88 Å². The second kappa shape index (κ2) is 8.53. The van der Waals surface area contributed by atoms with Gasteiger partial charge in [-0.15, -0.1) is 0 Å². The molecule has 182 valence electrons. The Balaban J connectivity index is 1.20. The maximum Gasteiger partial charge on any atom is 0.417 e. The largest absolute Gasteiger partial charge is 0.474 e. The van der Waals surface area contributed by atoms with Gasteiger partial charge in [-0.2, -0.15) is 13.2 Å². The third kappa shape index (κ3) is 4.50. The standard InChI is InChI=1S/C23H24F3N3O4S/c24-23(25,26)16-2-7-20(27-13-16)33-18-5-3-17(4-6-18)28-34(31,32)19-11-14-1-8-21(30)29-10-9-15(12-19)22(14)29/h2,7,11-13,17-18,28H,1,3-6,8-10H2. The van der Waals surface area contributed by atoms with E-state index in [1.165, 1.54) is 6.07 Å². The van der Waals surface area contributed by atoms with E-state index < -0.39 is 21.8 Å². The molecule has 1 N–H and O–H groups in total. The number of alkyl halides is 3. The van der Waals surface area contributed by atoms with Gasteiger partial charge in [-0.05, 0) is 67.9 Å². The van der Waals surface area contributed by atoms with Gasteiger partial charge < -0.3 is 9.64 Å². The van der Waals surface area contributed by atoms with Gasteiger partial charge in [-0.3, -0.25) is 4.79 Å². The number of halogens is 3. The van der Waals surface area contributed by atoms with E-state index >= 15 is 0 Å². The molecule has 1 aliphatic carbocycles. The van der Waals surface area contributed by atoms with Crippen LogP contribution in [0.5, 0.6) is 5.88 Å². The predicted molar refractivity (Wildman–Crippen MR) is 117 cm³/mol. The Labute approximate surface area is 195 Å². The average molecular weight is 496 g/mol. The van der Waals surface area contributed by atoms with E-state index in [4.69, 9.17) is 4.74 Å². The van der Waals surface area contributed by atoms with Crippen LogP contribution in [0.4, 0.5) is 18.9 Å². The molecule has 3 heterocycles. The van der Waals surface area contributed by atoms with E-state index in [0.29, 0.717) is 51.5 Å². The molecule has 3 aliphatic rings. The zero-order chi connectivity index (χ0) is 24.1. The number of nitrogens with zero attached hydrogens (tertiary/aromatic N) is 2. The summed E-state index contributed by atoms with van der Waals surface area (Å²) in [7, 11) is -3.73. The van der Waals surface area contributed by atoms with Gasteiger partial charge in [0, 0.05) is 31.3 Å². The van der Waals surface area contributed by atoms with Gasteiger partial charge in [0.2, 0.25) is 21.8 Å². The van der Waals surface area contributed by atoms with E-state index in [1.807, 2.05) is 0 Å². The third-order valence-electron chi connectivity index (χ3n) is 6.68. The van der Waals surface area contributed by atoms with Crippen molar-refractivity contribution in [3.63, 3.8) is 0 Å². The minimum absolute atomic E-state index is 0.0884. The van der Waals surface area contributed by atoms with E-state index in [1.54, 1.807) is 17.0 Å². The number of carbonyl (C=O) groups excluding carboxylic acids is 1. The summed E-state index contributed by atoms with van der Waals surface area (Å²) < 4.78 is 72.7. The van der Waals surface area contributed by atoms with Crippen LogP contribution >= 0.6 is 0 Å². The molecule has 7 nitrogen and oxygen atoms in total. The lowest BCUT2D eigenvalue weighted by Crippen LogP contribution is -2.39. The molecule has 1 fully saturated rings. The molecule has 1 aromatic heterocycles. The first-order chi connectivity index (χ1) is 16.1. The van der Waals surface area contributed by atoms with Gasteiger partial charge >= 0.3 is 6.18 Å². The van der Waals surface area contributed by atoms with E-state index in [9.17, 15) is 26.4 Å². The van der Waals surface area contributed by atoms with E-state index in [-0.39, 0.29) is 28.8 Å². The number of benzene rings is 1. The molecule has 11 heteroatoms. The van der Waals surface area contributed by atoms with Crippen LogP contribution < -0.4 is 14.4 Å². The number of sulfonamides is 1. The van der Waals surface area contributed by atoms with Gasteiger partial charge in [0.25, 0.3) is 0 Å². The number of amides is 1. The highest BCUT2D eigenvalue weighted by Crippen LogP contribution is 2.38. The molecular formula is C23H24F3N3O4S. The van der Waals surface area contributed by atoms with Gasteiger partial charge in [0.1, 0.15) is 6.10 Å². The number of aromatic nitrogens is 1. The number of ether oxygens (including phenoxy) is 1. The maximum atomic E-state index is 13.1. The van der Waals surface area contributed by atoms with Crippen LogP contribution in [0.15, 0.2) is 35.4 Å². The highest BCUT2D eigenvalue weighted by atomic mass is 32.2. The summed E-state index contributed by atoms with van der Waals surface area (Å²) in [6.45, 7) is 0.593. The Morgan fingerprint density at radius 2 is 1.74 bits per heavy atom. The van der Waals surface area contributed by atoms with Crippen molar-refractivity contribution in [2.45, 2.75) is 68.2 Å². The molecule has 5 rings (SSSR count). The quantitative estimate of drug-likeness (QED) is 0.685. The lowest BCUT2D eigenvalue weighted by Gasteiger charge is -2.29. The molecule has 0 bridgehead atoms. The smallest absolute Gasteiger partial charge is 0.417 e. The van der Waals surface area contributed by atoms with Gasteiger partial charge in [0.15, 0.2) is 0 Å². The van der Waals surface area contributed by atoms with Gasteiger partial charge in [-0.1, -0.05) is 0 Å². The molecule has 34 heavy (non-hydrogen) atoms. The number of anilines is 1. The summed E-state index contributed by atoms with van der Waals surface area (Å²) in [5.74, 6) is 0.210. The predicted octanol–water partition coefficient (Wildman–Crippen LogP) is 3.60. The van der Waals surface area contributed by atoms with Crippen LogP contribution in [0.25, 0.3) is 0 Å². The van der Waals surface area contributed by atoms with Crippen LogP contribution in [-0.4, -0.2) is 38.0 Å². The minimum atomic E-state index is -4.45. The Morgan fingerprint density at radius 1 is 1.03 bits per heavy atom.